The quantitative estimate of drug-likeness (QED) is 0.771. The number of hydrogen-bond acceptors (Lipinski definition) is 5. The molecule has 0 fully saturated rings. The molecule has 7 heteroatoms. The van der Waals surface area contributed by atoms with E-state index < -0.39 is 5.91 Å². The third kappa shape index (κ3) is 2.83. The summed E-state index contributed by atoms with van der Waals surface area (Å²) in [6.07, 6.45) is 3.63. The predicted molar refractivity (Wildman–Crippen MR) is 101 cm³/mol. The zero-order valence-corrected chi connectivity index (χ0v) is 15.0. The normalized spacial score (nSPS) is 12.4. The Bertz CT molecular complexity index is 1070. The third-order valence-electron chi connectivity index (χ3n) is 4.53. The Labute approximate surface area is 156 Å². The van der Waals surface area contributed by atoms with E-state index in [0.717, 1.165) is 28.4 Å². The van der Waals surface area contributed by atoms with Crippen LogP contribution in [-0.2, 0) is 6.54 Å². The largest absolute Gasteiger partial charge is 0.493 e. The van der Waals surface area contributed by atoms with Crippen LogP contribution < -0.4 is 15.2 Å². The second-order valence-electron chi connectivity index (χ2n) is 6.05. The lowest BCUT2D eigenvalue weighted by atomic mass is 9.98. The topological polar surface area (TPSA) is 91.7 Å². The Morgan fingerprint density at radius 1 is 1.15 bits per heavy atom. The van der Waals surface area contributed by atoms with Gasteiger partial charge in [0.15, 0.2) is 11.5 Å². The van der Waals surface area contributed by atoms with Crippen LogP contribution in [-0.4, -0.2) is 35.4 Å². The van der Waals surface area contributed by atoms with Gasteiger partial charge in [0.1, 0.15) is 5.82 Å². The van der Waals surface area contributed by atoms with Gasteiger partial charge >= 0.3 is 0 Å². The smallest absolute Gasteiger partial charge is 0.248 e. The summed E-state index contributed by atoms with van der Waals surface area (Å²) in [5.74, 6) is 1.54. The van der Waals surface area contributed by atoms with Gasteiger partial charge in [0.2, 0.25) is 5.91 Å². The van der Waals surface area contributed by atoms with E-state index in [1.165, 1.54) is 0 Å². The van der Waals surface area contributed by atoms with Crippen LogP contribution in [0.5, 0.6) is 11.5 Å². The average Bonchev–Trinajstić information content (AvgIpc) is 3.10. The van der Waals surface area contributed by atoms with Crippen molar-refractivity contribution in [2.75, 3.05) is 14.2 Å². The van der Waals surface area contributed by atoms with Gasteiger partial charge in [-0.1, -0.05) is 12.1 Å². The van der Waals surface area contributed by atoms with E-state index in [2.05, 4.69) is 4.98 Å². The summed E-state index contributed by atoms with van der Waals surface area (Å²) in [7, 11) is 3.19. The molecule has 2 N–H and O–H groups in total. The fraction of sp³-hybridized carbons (Fsp3) is 0.150. The van der Waals surface area contributed by atoms with Gasteiger partial charge in [0.05, 0.1) is 32.2 Å². The zero-order valence-electron chi connectivity index (χ0n) is 15.0. The van der Waals surface area contributed by atoms with Gasteiger partial charge in [0, 0.05) is 35.2 Å². The summed E-state index contributed by atoms with van der Waals surface area (Å²) >= 11 is 0. The molecule has 0 atom stereocenters. The number of aliphatic imine (C=N–C) groups is 1. The van der Waals surface area contributed by atoms with Gasteiger partial charge in [-0.3, -0.25) is 9.79 Å². The van der Waals surface area contributed by atoms with Crippen molar-refractivity contribution >= 4 is 11.6 Å². The number of amides is 1. The van der Waals surface area contributed by atoms with E-state index in [1.54, 1.807) is 38.6 Å². The number of carbonyl (C=O) groups is 1. The van der Waals surface area contributed by atoms with E-state index in [0.29, 0.717) is 23.6 Å². The number of ether oxygens (including phenoxy) is 2. The molecule has 0 bridgehead atoms. The number of benzene rings is 2. The number of methoxy groups -OCH3 is 2. The molecule has 0 radical (unpaired) electrons. The van der Waals surface area contributed by atoms with Crippen molar-refractivity contribution in [2.45, 2.75) is 6.54 Å². The van der Waals surface area contributed by atoms with Crippen molar-refractivity contribution in [3.05, 3.63) is 71.3 Å². The molecule has 1 aliphatic heterocycles. The Morgan fingerprint density at radius 2 is 1.93 bits per heavy atom. The molecule has 1 aromatic heterocycles. The number of primary amides is 1. The van der Waals surface area contributed by atoms with Gasteiger partial charge in [-0.2, -0.15) is 0 Å². The van der Waals surface area contributed by atoms with Crippen LogP contribution in [0.1, 0.15) is 27.3 Å². The Kier molecular flexibility index (Phi) is 4.12. The average molecular weight is 362 g/mol. The third-order valence-corrected chi connectivity index (χ3v) is 4.53. The number of carbonyl (C=O) groups excluding carboxylic acids is 1. The number of nitrogens with zero attached hydrogens (tertiary/aromatic N) is 3. The first-order valence-electron chi connectivity index (χ1n) is 8.36. The second kappa shape index (κ2) is 6.60. The van der Waals surface area contributed by atoms with Crippen molar-refractivity contribution in [1.82, 2.24) is 9.55 Å². The lowest BCUT2D eigenvalue weighted by Gasteiger charge is -2.16. The minimum Gasteiger partial charge on any atom is -0.493 e. The summed E-state index contributed by atoms with van der Waals surface area (Å²) in [6, 6.07) is 10.9. The van der Waals surface area contributed by atoms with Crippen LogP contribution >= 0.6 is 0 Å². The van der Waals surface area contributed by atoms with Gasteiger partial charge in [-0.05, 0) is 18.2 Å². The predicted octanol–water partition coefficient (Wildman–Crippen LogP) is 2.34. The molecular weight excluding hydrogens is 344 g/mol. The molecule has 4 rings (SSSR count). The first-order valence-corrected chi connectivity index (χ1v) is 8.36. The summed E-state index contributed by atoms with van der Waals surface area (Å²) in [5, 5.41) is 0. The SMILES string of the molecule is COc1cc2c(cc1OC)-n1ccnc1CN=C2c1cccc(C(N)=O)c1. The van der Waals surface area contributed by atoms with E-state index in [4.69, 9.17) is 20.2 Å². The maximum Gasteiger partial charge on any atom is 0.248 e. The van der Waals surface area contributed by atoms with Crippen LogP contribution in [0.25, 0.3) is 5.69 Å². The molecule has 0 saturated heterocycles. The minimum atomic E-state index is -0.480. The lowest BCUT2D eigenvalue weighted by molar-refractivity contribution is 0.100. The van der Waals surface area contributed by atoms with Crippen molar-refractivity contribution in [3.8, 4) is 17.2 Å². The van der Waals surface area contributed by atoms with Crippen molar-refractivity contribution in [1.29, 1.82) is 0 Å². The van der Waals surface area contributed by atoms with E-state index >= 15 is 0 Å². The lowest BCUT2D eigenvalue weighted by Crippen LogP contribution is -2.13. The van der Waals surface area contributed by atoms with Crippen LogP contribution in [0.15, 0.2) is 53.8 Å². The minimum absolute atomic E-state index is 0.405. The van der Waals surface area contributed by atoms with Gasteiger partial charge in [0.25, 0.3) is 0 Å². The standard InChI is InChI=1S/C20H18N4O3/c1-26-16-9-14-15(10-17(16)27-2)24-7-6-22-18(24)11-23-19(14)12-4-3-5-13(8-12)20(21)25/h3-10H,11H2,1-2H3,(H2,21,25). The van der Waals surface area contributed by atoms with Gasteiger partial charge < -0.3 is 19.8 Å². The fourth-order valence-corrected chi connectivity index (χ4v) is 3.23. The van der Waals surface area contributed by atoms with Crippen molar-refractivity contribution < 1.29 is 14.3 Å². The van der Waals surface area contributed by atoms with Crippen LogP contribution in [0.4, 0.5) is 0 Å². The molecule has 2 heterocycles. The van der Waals surface area contributed by atoms with Crippen LogP contribution in [0, 0.1) is 0 Å². The Morgan fingerprint density at radius 3 is 2.67 bits per heavy atom. The Balaban J connectivity index is 1.97. The zero-order chi connectivity index (χ0) is 19.0. The van der Waals surface area contributed by atoms with Gasteiger partial charge in [-0.25, -0.2) is 4.98 Å². The summed E-state index contributed by atoms with van der Waals surface area (Å²) in [4.78, 5) is 20.8. The molecule has 0 aliphatic carbocycles. The maximum absolute atomic E-state index is 11.6. The molecule has 7 nitrogen and oxygen atoms in total. The molecule has 27 heavy (non-hydrogen) atoms. The molecular formula is C20H18N4O3. The van der Waals surface area contributed by atoms with Crippen LogP contribution in [0.3, 0.4) is 0 Å². The molecule has 2 aromatic carbocycles. The molecule has 3 aromatic rings. The number of fused-ring (bicyclic) bond motifs is 3. The number of hydrogen-bond donors (Lipinski definition) is 1. The highest BCUT2D eigenvalue weighted by molar-refractivity contribution is 6.16. The number of imidazole rings is 1. The molecule has 0 spiro atoms. The molecule has 1 aliphatic rings. The Hall–Kier alpha value is -3.61. The number of rotatable bonds is 4. The molecule has 0 unspecified atom stereocenters. The highest BCUT2D eigenvalue weighted by atomic mass is 16.5. The maximum atomic E-state index is 11.6. The van der Waals surface area contributed by atoms with E-state index in [9.17, 15) is 4.79 Å². The monoisotopic (exact) mass is 362 g/mol. The van der Waals surface area contributed by atoms with Gasteiger partial charge in [-0.15, -0.1) is 0 Å². The number of aromatic nitrogens is 2. The molecule has 1 amide bonds. The first-order chi connectivity index (χ1) is 13.1. The van der Waals surface area contributed by atoms with Crippen molar-refractivity contribution in [3.63, 3.8) is 0 Å². The number of nitrogens with two attached hydrogens (primary N) is 1. The van der Waals surface area contributed by atoms with Crippen LogP contribution in [0.2, 0.25) is 0 Å². The molecule has 0 saturated carbocycles. The van der Waals surface area contributed by atoms with E-state index in [1.807, 2.05) is 29.0 Å². The summed E-state index contributed by atoms with van der Waals surface area (Å²) in [6.45, 7) is 0.405. The molecule has 136 valence electrons. The first kappa shape index (κ1) is 16.8. The highest BCUT2D eigenvalue weighted by Gasteiger charge is 2.22. The highest BCUT2D eigenvalue weighted by Crippen LogP contribution is 2.35. The summed E-state index contributed by atoms with van der Waals surface area (Å²) < 4.78 is 12.9. The second-order valence-corrected chi connectivity index (χ2v) is 6.05. The van der Waals surface area contributed by atoms with E-state index in [-0.39, 0.29) is 0 Å². The summed E-state index contributed by atoms with van der Waals surface area (Å²) in [5.41, 5.74) is 9.14. The fourth-order valence-electron chi connectivity index (χ4n) is 3.23. The van der Waals surface area contributed by atoms with Crippen molar-refractivity contribution in [2.24, 2.45) is 10.7 Å².